The highest BCUT2D eigenvalue weighted by Gasteiger charge is 2.21. The quantitative estimate of drug-likeness (QED) is 0.647. The maximum atomic E-state index is 5.92. The minimum Gasteiger partial charge on any atom is -0.374 e. The average Bonchev–Trinajstić information content (AvgIpc) is 2.01. The first kappa shape index (κ1) is 14.9. The second kappa shape index (κ2) is 6.49. The molecule has 0 heterocycles. The maximum absolute atomic E-state index is 5.92. The lowest BCUT2D eigenvalue weighted by atomic mass is 10.1. The molecule has 0 saturated heterocycles. The molecule has 15 heavy (non-hydrogen) atoms. The Hall–Kier alpha value is -0.0800. The van der Waals surface area contributed by atoms with E-state index in [1.807, 2.05) is 0 Å². The summed E-state index contributed by atoms with van der Waals surface area (Å²) in [6, 6.07) is 0.581. The molecular weight excluding hydrogens is 186 g/mol. The molecule has 0 unspecified atom stereocenters. The first-order valence-corrected chi connectivity index (χ1v) is 6.09. The van der Waals surface area contributed by atoms with Crippen LogP contribution in [0.5, 0.6) is 0 Å². The number of nitrogens with zero attached hydrogens (tertiary/aromatic N) is 1. The molecular formula is C13H29NO. The van der Waals surface area contributed by atoms with Gasteiger partial charge in [0.05, 0.1) is 5.60 Å². The zero-order valence-electron chi connectivity index (χ0n) is 11.6. The summed E-state index contributed by atoms with van der Waals surface area (Å²) in [5.74, 6) is 0.726. The highest BCUT2D eigenvalue weighted by Crippen LogP contribution is 2.14. The van der Waals surface area contributed by atoms with Crippen LogP contribution in [0.25, 0.3) is 0 Å². The van der Waals surface area contributed by atoms with E-state index in [-0.39, 0.29) is 5.60 Å². The van der Waals surface area contributed by atoms with Gasteiger partial charge in [0.2, 0.25) is 0 Å². The number of ether oxygens (including phenoxy) is 1. The molecule has 92 valence electrons. The van der Waals surface area contributed by atoms with E-state index >= 15 is 0 Å². The second-order valence-corrected chi connectivity index (χ2v) is 5.80. The van der Waals surface area contributed by atoms with Crippen LogP contribution in [0.4, 0.5) is 0 Å². The van der Waals surface area contributed by atoms with Gasteiger partial charge in [-0.25, -0.2) is 0 Å². The fraction of sp³-hybridized carbons (Fsp3) is 1.00. The predicted molar refractivity (Wildman–Crippen MR) is 67.3 cm³/mol. The van der Waals surface area contributed by atoms with Crippen molar-refractivity contribution < 1.29 is 4.74 Å². The van der Waals surface area contributed by atoms with E-state index in [9.17, 15) is 0 Å². The molecule has 2 heteroatoms. The van der Waals surface area contributed by atoms with Crippen LogP contribution in [0.15, 0.2) is 0 Å². The Morgan fingerprint density at radius 3 is 2.07 bits per heavy atom. The van der Waals surface area contributed by atoms with Gasteiger partial charge in [-0.1, -0.05) is 13.8 Å². The number of hydrogen-bond donors (Lipinski definition) is 0. The molecule has 0 aliphatic carbocycles. The van der Waals surface area contributed by atoms with Gasteiger partial charge in [-0.15, -0.1) is 0 Å². The van der Waals surface area contributed by atoms with Crippen molar-refractivity contribution in [2.24, 2.45) is 5.92 Å². The SMILES string of the molecule is CC(C)CCOC(C)(C)CN(C)C(C)C. The van der Waals surface area contributed by atoms with Crippen LogP contribution in [0.1, 0.15) is 48.0 Å². The van der Waals surface area contributed by atoms with E-state index in [2.05, 4.69) is 53.5 Å². The van der Waals surface area contributed by atoms with Crippen molar-refractivity contribution in [3.63, 3.8) is 0 Å². The minimum absolute atomic E-state index is 0.0338. The molecule has 0 aliphatic heterocycles. The largest absolute Gasteiger partial charge is 0.374 e. The molecule has 0 aromatic heterocycles. The smallest absolute Gasteiger partial charge is 0.0752 e. The summed E-state index contributed by atoms with van der Waals surface area (Å²) in [6.07, 6.45) is 1.15. The van der Waals surface area contributed by atoms with Gasteiger partial charge >= 0.3 is 0 Å². The first-order valence-electron chi connectivity index (χ1n) is 6.09. The van der Waals surface area contributed by atoms with E-state index in [1.165, 1.54) is 0 Å². The van der Waals surface area contributed by atoms with Gasteiger partial charge in [0.15, 0.2) is 0 Å². The number of likely N-dealkylation sites (N-methyl/N-ethyl adjacent to an activating group) is 1. The van der Waals surface area contributed by atoms with Crippen LogP contribution < -0.4 is 0 Å². The molecule has 0 amide bonds. The van der Waals surface area contributed by atoms with Gasteiger partial charge in [-0.3, -0.25) is 0 Å². The van der Waals surface area contributed by atoms with Crippen molar-refractivity contribution in [3.8, 4) is 0 Å². The van der Waals surface area contributed by atoms with Crippen LogP contribution in [-0.4, -0.2) is 36.7 Å². The molecule has 0 spiro atoms. The van der Waals surface area contributed by atoms with Crippen molar-refractivity contribution in [1.82, 2.24) is 4.90 Å². The Kier molecular flexibility index (Phi) is 6.46. The van der Waals surface area contributed by atoms with Gasteiger partial charge < -0.3 is 9.64 Å². The lowest BCUT2D eigenvalue weighted by molar-refractivity contribution is -0.0440. The van der Waals surface area contributed by atoms with Crippen LogP contribution in [0.2, 0.25) is 0 Å². The zero-order valence-corrected chi connectivity index (χ0v) is 11.6. The third-order valence-corrected chi connectivity index (χ3v) is 2.70. The molecule has 0 fully saturated rings. The van der Waals surface area contributed by atoms with Crippen molar-refractivity contribution in [1.29, 1.82) is 0 Å². The maximum Gasteiger partial charge on any atom is 0.0752 e. The van der Waals surface area contributed by atoms with Crippen LogP contribution in [-0.2, 0) is 4.74 Å². The molecule has 2 nitrogen and oxygen atoms in total. The monoisotopic (exact) mass is 215 g/mol. The fourth-order valence-corrected chi connectivity index (χ4v) is 1.40. The fourth-order valence-electron chi connectivity index (χ4n) is 1.40. The Morgan fingerprint density at radius 2 is 1.67 bits per heavy atom. The first-order chi connectivity index (χ1) is 6.74. The molecule has 0 aliphatic rings. The summed E-state index contributed by atoms with van der Waals surface area (Å²) in [7, 11) is 2.15. The van der Waals surface area contributed by atoms with Gasteiger partial charge in [-0.2, -0.15) is 0 Å². The molecule has 0 bridgehead atoms. The molecule has 0 aromatic carbocycles. The van der Waals surface area contributed by atoms with Gasteiger partial charge in [0.1, 0.15) is 0 Å². The Morgan fingerprint density at radius 1 is 1.13 bits per heavy atom. The lowest BCUT2D eigenvalue weighted by Gasteiger charge is -2.32. The summed E-state index contributed by atoms with van der Waals surface area (Å²) in [6.45, 7) is 15.1. The van der Waals surface area contributed by atoms with Crippen molar-refractivity contribution >= 4 is 0 Å². The third kappa shape index (κ3) is 7.80. The van der Waals surface area contributed by atoms with Gasteiger partial charge in [0.25, 0.3) is 0 Å². The Balaban J connectivity index is 3.85. The van der Waals surface area contributed by atoms with Gasteiger partial charge in [-0.05, 0) is 47.1 Å². The van der Waals surface area contributed by atoms with E-state index in [4.69, 9.17) is 4.74 Å². The van der Waals surface area contributed by atoms with Crippen molar-refractivity contribution in [2.75, 3.05) is 20.2 Å². The average molecular weight is 215 g/mol. The third-order valence-electron chi connectivity index (χ3n) is 2.70. The topological polar surface area (TPSA) is 12.5 Å². The standard InChI is InChI=1S/C13H29NO/c1-11(2)8-9-15-13(5,6)10-14(7)12(3)4/h11-12H,8-10H2,1-7H3. The molecule has 0 aromatic rings. The number of rotatable bonds is 7. The van der Waals surface area contributed by atoms with E-state index in [0.29, 0.717) is 6.04 Å². The van der Waals surface area contributed by atoms with Crippen LogP contribution in [0.3, 0.4) is 0 Å². The number of hydrogen-bond acceptors (Lipinski definition) is 2. The molecule has 0 radical (unpaired) electrons. The summed E-state index contributed by atoms with van der Waals surface area (Å²) < 4.78 is 5.92. The van der Waals surface area contributed by atoms with E-state index in [0.717, 1.165) is 25.5 Å². The van der Waals surface area contributed by atoms with Crippen LogP contribution in [0, 0.1) is 5.92 Å². The Labute approximate surface area is 96.0 Å². The van der Waals surface area contributed by atoms with Gasteiger partial charge in [0, 0.05) is 19.2 Å². The summed E-state index contributed by atoms with van der Waals surface area (Å²) >= 11 is 0. The van der Waals surface area contributed by atoms with E-state index in [1.54, 1.807) is 0 Å². The summed E-state index contributed by atoms with van der Waals surface area (Å²) in [5, 5.41) is 0. The second-order valence-electron chi connectivity index (χ2n) is 5.80. The normalized spacial score (nSPS) is 13.2. The minimum atomic E-state index is -0.0338. The summed E-state index contributed by atoms with van der Waals surface area (Å²) in [4.78, 5) is 2.33. The zero-order chi connectivity index (χ0) is 12.1. The van der Waals surface area contributed by atoms with Crippen LogP contribution >= 0.6 is 0 Å². The Bertz CT molecular complexity index is 164. The molecule has 0 N–H and O–H groups in total. The summed E-state index contributed by atoms with van der Waals surface area (Å²) in [5.41, 5.74) is -0.0338. The highest BCUT2D eigenvalue weighted by molar-refractivity contribution is 4.74. The van der Waals surface area contributed by atoms with Crippen molar-refractivity contribution in [3.05, 3.63) is 0 Å². The van der Waals surface area contributed by atoms with E-state index < -0.39 is 0 Å². The predicted octanol–water partition coefficient (Wildman–Crippen LogP) is 3.17. The molecule has 0 saturated carbocycles. The lowest BCUT2D eigenvalue weighted by Crippen LogP contribution is -2.42. The van der Waals surface area contributed by atoms with Crippen molar-refractivity contribution in [2.45, 2.75) is 59.6 Å². The molecule has 0 atom stereocenters. The highest BCUT2D eigenvalue weighted by atomic mass is 16.5. The molecule has 0 rings (SSSR count).